The number of carboxylic acid groups (broad SMARTS) is 1. The second-order valence-electron chi connectivity index (χ2n) is 5.39. The van der Waals surface area contributed by atoms with Crippen LogP contribution in [-0.2, 0) is 14.4 Å². The summed E-state index contributed by atoms with van der Waals surface area (Å²) in [5.74, 6) is -1.78. The van der Waals surface area contributed by atoms with E-state index in [-0.39, 0.29) is 24.7 Å². The number of benzene rings is 1. The molecule has 0 radical (unpaired) electrons. The van der Waals surface area contributed by atoms with E-state index in [2.05, 4.69) is 21.2 Å². The smallest absolute Gasteiger partial charge is 0.305 e. The van der Waals surface area contributed by atoms with Gasteiger partial charge in [0.2, 0.25) is 11.8 Å². The van der Waals surface area contributed by atoms with Crippen LogP contribution in [0.15, 0.2) is 28.7 Å². The number of nitrogens with one attached hydrogen (secondary N) is 1. The van der Waals surface area contributed by atoms with Crippen molar-refractivity contribution in [1.29, 1.82) is 0 Å². The van der Waals surface area contributed by atoms with E-state index in [0.29, 0.717) is 6.54 Å². The van der Waals surface area contributed by atoms with E-state index in [1.165, 1.54) is 4.90 Å². The lowest BCUT2D eigenvalue weighted by Crippen LogP contribution is -2.36. The van der Waals surface area contributed by atoms with Gasteiger partial charge in [0, 0.05) is 24.5 Å². The van der Waals surface area contributed by atoms with Crippen LogP contribution in [0.3, 0.4) is 0 Å². The highest BCUT2D eigenvalue weighted by atomic mass is 79.9. The van der Waals surface area contributed by atoms with Gasteiger partial charge in [-0.1, -0.05) is 28.1 Å². The third kappa shape index (κ3) is 4.07. The summed E-state index contributed by atoms with van der Waals surface area (Å²) < 4.78 is 0.875. The van der Waals surface area contributed by atoms with Crippen molar-refractivity contribution in [3.05, 3.63) is 34.3 Å². The maximum absolute atomic E-state index is 12.3. The molecule has 1 aromatic rings. The Morgan fingerprint density at radius 3 is 2.55 bits per heavy atom. The molecule has 2 rings (SSSR count). The molecular weight excluding hydrogens is 352 g/mol. The summed E-state index contributed by atoms with van der Waals surface area (Å²) in [4.78, 5) is 36.3. The van der Waals surface area contributed by atoms with Crippen LogP contribution in [0.1, 0.15) is 24.4 Å². The normalized spacial score (nSPS) is 19.1. The van der Waals surface area contributed by atoms with Gasteiger partial charge in [-0.3, -0.25) is 14.4 Å². The third-order valence-electron chi connectivity index (χ3n) is 3.68. The summed E-state index contributed by atoms with van der Waals surface area (Å²) >= 11 is 3.32. The standard InChI is InChI=1S/C15H17BrN2O4/c1-18-8-10(6-13(18)19)15(22)17-12(7-14(20)21)9-2-4-11(16)5-3-9/h2-5,10,12H,6-8H2,1H3,(H,17,22)(H,20,21)/t10-,12-/m0/s1. The molecule has 0 bridgehead atoms. The van der Waals surface area contributed by atoms with Gasteiger partial charge in [-0.25, -0.2) is 0 Å². The fraction of sp³-hybridized carbons (Fsp3) is 0.400. The van der Waals surface area contributed by atoms with Gasteiger partial charge in [-0.15, -0.1) is 0 Å². The van der Waals surface area contributed by atoms with Crippen molar-refractivity contribution in [3.63, 3.8) is 0 Å². The maximum Gasteiger partial charge on any atom is 0.305 e. The fourth-order valence-corrected chi connectivity index (χ4v) is 2.72. The minimum absolute atomic E-state index is 0.0708. The number of carbonyl (C=O) groups excluding carboxylic acids is 2. The molecule has 2 amide bonds. The van der Waals surface area contributed by atoms with Gasteiger partial charge in [-0.05, 0) is 17.7 Å². The zero-order valence-corrected chi connectivity index (χ0v) is 13.7. The van der Waals surface area contributed by atoms with Crippen LogP contribution in [0.4, 0.5) is 0 Å². The van der Waals surface area contributed by atoms with Gasteiger partial charge in [0.1, 0.15) is 0 Å². The Bertz CT molecular complexity index is 588. The Morgan fingerprint density at radius 2 is 2.05 bits per heavy atom. The number of aliphatic carboxylic acids is 1. The van der Waals surface area contributed by atoms with Crippen molar-refractivity contribution in [1.82, 2.24) is 10.2 Å². The SMILES string of the molecule is CN1C[C@@H](C(=O)N[C@@H](CC(=O)O)c2ccc(Br)cc2)CC1=O. The number of amides is 2. The topological polar surface area (TPSA) is 86.7 Å². The Morgan fingerprint density at radius 1 is 1.41 bits per heavy atom. The van der Waals surface area contributed by atoms with E-state index in [0.717, 1.165) is 10.0 Å². The lowest BCUT2D eigenvalue weighted by Gasteiger charge is -2.20. The molecule has 1 aromatic carbocycles. The molecule has 0 unspecified atom stereocenters. The van der Waals surface area contributed by atoms with Crippen LogP contribution >= 0.6 is 15.9 Å². The van der Waals surface area contributed by atoms with E-state index < -0.39 is 17.9 Å². The highest BCUT2D eigenvalue weighted by molar-refractivity contribution is 9.10. The molecule has 2 N–H and O–H groups in total. The van der Waals surface area contributed by atoms with Crippen LogP contribution in [0.5, 0.6) is 0 Å². The van der Waals surface area contributed by atoms with Crippen molar-refractivity contribution in [3.8, 4) is 0 Å². The molecule has 0 aromatic heterocycles. The number of halogens is 1. The number of carbonyl (C=O) groups is 3. The summed E-state index contributed by atoms with van der Waals surface area (Å²) in [5, 5.41) is 11.8. The van der Waals surface area contributed by atoms with Crippen LogP contribution in [0.2, 0.25) is 0 Å². The average Bonchev–Trinajstić information content (AvgIpc) is 2.78. The number of hydrogen-bond donors (Lipinski definition) is 2. The van der Waals surface area contributed by atoms with Crippen molar-refractivity contribution >= 4 is 33.7 Å². The first-order valence-corrected chi connectivity index (χ1v) is 7.67. The molecule has 118 valence electrons. The molecule has 1 aliphatic rings. The van der Waals surface area contributed by atoms with E-state index in [4.69, 9.17) is 5.11 Å². The molecule has 2 atom stereocenters. The predicted molar refractivity (Wildman–Crippen MR) is 83.0 cm³/mol. The van der Waals surface area contributed by atoms with Crippen LogP contribution in [0, 0.1) is 5.92 Å². The molecule has 0 saturated carbocycles. The lowest BCUT2D eigenvalue weighted by atomic mass is 10.0. The quantitative estimate of drug-likeness (QED) is 0.825. The van der Waals surface area contributed by atoms with Crippen molar-refractivity contribution in [2.24, 2.45) is 5.92 Å². The number of likely N-dealkylation sites (tertiary alicyclic amines) is 1. The van der Waals surface area contributed by atoms with Crippen molar-refractivity contribution < 1.29 is 19.5 Å². The zero-order valence-electron chi connectivity index (χ0n) is 12.1. The zero-order chi connectivity index (χ0) is 16.3. The van der Waals surface area contributed by atoms with Gasteiger partial charge in [0.05, 0.1) is 18.4 Å². The Labute approximate surface area is 136 Å². The second kappa shape index (κ2) is 6.91. The molecule has 6 nitrogen and oxygen atoms in total. The predicted octanol–water partition coefficient (Wildman–Crippen LogP) is 1.56. The van der Waals surface area contributed by atoms with E-state index in [9.17, 15) is 14.4 Å². The number of hydrogen-bond acceptors (Lipinski definition) is 3. The summed E-state index contributed by atoms with van der Waals surface area (Å²) in [6.45, 7) is 0.366. The monoisotopic (exact) mass is 368 g/mol. The average molecular weight is 369 g/mol. The van der Waals surface area contributed by atoms with Crippen molar-refractivity contribution in [2.75, 3.05) is 13.6 Å². The molecule has 1 heterocycles. The number of nitrogens with zero attached hydrogens (tertiary/aromatic N) is 1. The first kappa shape index (κ1) is 16.5. The minimum atomic E-state index is -0.993. The van der Waals surface area contributed by atoms with E-state index >= 15 is 0 Å². The maximum atomic E-state index is 12.3. The summed E-state index contributed by atoms with van der Waals surface area (Å²) in [5.41, 5.74) is 0.719. The first-order chi connectivity index (χ1) is 10.4. The van der Waals surface area contributed by atoms with Crippen molar-refractivity contribution in [2.45, 2.75) is 18.9 Å². The summed E-state index contributed by atoms with van der Waals surface area (Å²) in [6.07, 6.45) is -0.0354. The third-order valence-corrected chi connectivity index (χ3v) is 4.21. The van der Waals surface area contributed by atoms with Crippen LogP contribution < -0.4 is 5.32 Å². The molecule has 1 saturated heterocycles. The Balaban J connectivity index is 2.09. The lowest BCUT2D eigenvalue weighted by molar-refractivity contribution is -0.138. The molecule has 22 heavy (non-hydrogen) atoms. The summed E-state index contributed by atoms with van der Waals surface area (Å²) in [6, 6.07) is 6.51. The first-order valence-electron chi connectivity index (χ1n) is 6.88. The molecule has 0 spiro atoms. The van der Waals surface area contributed by atoms with Gasteiger partial charge >= 0.3 is 5.97 Å². The number of rotatable bonds is 5. The van der Waals surface area contributed by atoms with Gasteiger partial charge in [0.15, 0.2) is 0 Å². The van der Waals surface area contributed by atoms with Gasteiger partial charge in [0.25, 0.3) is 0 Å². The minimum Gasteiger partial charge on any atom is -0.481 e. The van der Waals surface area contributed by atoms with E-state index in [1.54, 1.807) is 31.3 Å². The number of carboxylic acids is 1. The molecule has 0 aliphatic carbocycles. The largest absolute Gasteiger partial charge is 0.481 e. The molecule has 7 heteroatoms. The fourth-order valence-electron chi connectivity index (χ4n) is 2.45. The van der Waals surface area contributed by atoms with Crippen LogP contribution in [-0.4, -0.2) is 41.4 Å². The second-order valence-corrected chi connectivity index (χ2v) is 6.30. The Kier molecular flexibility index (Phi) is 5.18. The highest BCUT2D eigenvalue weighted by Gasteiger charge is 2.33. The highest BCUT2D eigenvalue weighted by Crippen LogP contribution is 2.22. The molecule has 1 fully saturated rings. The van der Waals surface area contributed by atoms with Gasteiger partial charge in [-0.2, -0.15) is 0 Å². The van der Waals surface area contributed by atoms with Crippen LogP contribution in [0.25, 0.3) is 0 Å². The summed E-state index contributed by atoms with van der Waals surface area (Å²) in [7, 11) is 1.65. The van der Waals surface area contributed by atoms with E-state index in [1.807, 2.05) is 0 Å². The molecule has 1 aliphatic heterocycles. The Hall–Kier alpha value is -1.89. The molecular formula is C15H17BrN2O4. The van der Waals surface area contributed by atoms with Gasteiger partial charge < -0.3 is 15.3 Å².